The molecule has 5 nitrogen and oxygen atoms in total. The van der Waals surface area contributed by atoms with Crippen LogP contribution < -0.4 is 4.74 Å². The summed E-state index contributed by atoms with van der Waals surface area (Å²) in [6.07, 6.45) is 2.56. The average molecular weight is 470 g/mol. The van der Waals surface area contributed by atoms with Crippen LogP contribution in [-0.4, -0.2) is 34.8 Å². The first-order valence-corrected chi connectivity index (χ1v) is 12.1. The molecule has 3 aromatic carbocycles. The number of hydrogen-bond acceptors (Lipinski definition) is 4. The van der Waals surface area contributed by atoms with Crippen LogP contribution in [0.5, 0.6) is 5.75 Å². The van der Waals surface area contributed by atoms with Crippen molar-refractivity contribution >= 4 is 17.4 Å². The number of aliphatic hydroxyl groups is 1. The SMILES string of the molecule is CCCCOc1cccc(C2/C(=C(\O)c3ccc(C)cc3)C(=O)C(=O)N2CCc2ccccc2)c1. The minimum absolute atomic E-state index is 0.109. The number of amides is 1. The second kappa shape index (κ2) is 11.0. The van der Waals surface area contributed by atoms with Gasteiger partial charge in [-0.05, 0) is 43.0 Å². The van der Waals surface area contributed by atoms with Crippen molar-refractivity contribution in [3.8, 4) is 5.75 Å². The van der Waals surface area contributed by atoms with Crippen LogP contribution in [0.4, 0.5) is 0 Å². The van der Waals surface area contributed by atoms with Crippen LogP contribution in [0.1, 0.15) is 48.1 Å². The van der Waals surface area contributed by atoms with Gasteiger partial charge in [-0.25, -0.2) is 0 Å². The summed E-state index contributed by atoms with van der Waals surface area (Å²) in [6, 6.07) is 23.9. The average Bonchev–Trinajstić information content (AvgIpc) is 3.13. The second-order valence-electron chi connectivity index (χ2n) is 8.87. The summed E-state index contributed by atoms with van der Waals surface area (Å²) in [7, 11) is 0. The minimum atomic E-state index is -0.699. The van der Waals surface area contributed by atoms with Crippen LogP contribution in [0.25, 0.3) is 5.76 Å². The summed E-state index contributed by atoms with van der Waals surface area (Å²) in [5, 5.41) is 11.2. The Balaban J connectivity index is 1.75. The molecule has 1 amide bonds. The molecule has 1 aliphatic heterocycles. The molecule has 1 unspecified atom stereocenters. The Morgan fingerprint density at radius 1 is 0.971 bits per heavy atom. The monoisotopic (exact) mass is 469 g/mol. The molecule has 1 aliphatic rings. The lowest BCUT2D eigenvalue weighted by Crippen LogP contribution is -2.31. The number of carbonyl (C=O) groups excluding carboxylic acids is 2. The second-order valence-corrected chi connectivity index (χ2v) is 8.87. The van der Waals surface area contributed by atoms with Crippen molar-refractivity contribution in [2.24, 2.45) is 0 Å². The molecule has 1 N–H and O–H groups in total. The smallest absolute Gasteiger partial charge is 0.295 e. The van der Waals surface area contributed by atoms with Gasteiger partial charge in [0.15, 0.2) is 0 Å². The maximum Gasteiger partial charge on any atom is 0.295 e. The minimum Gasteiger partial charge on any atom is -0.507 e. The number of ketones is 1. The molecule has 1 atom stereocenters. The molecule has 1 fully saturated rings. The first kappa shape index (κ1) is 24.3. The number of carbonyl (C=O) groups is 2. The fourth-order valence-electron chi connectivity index (χ4n) is 4.33. The largest absolute Gasteiger partial charge is 0.507 e. The summed E-state index contributed by atoms with van der Waals surface area (Å²) < 4.78 is 5.89. The van der Waals surface area contributed by atoms with Crippen LogP contribution in [0, 0.1) is 6.92 Å². The van der Waals surface area contributed by atoms with Gasteiger partial charge in [0.2, 0.25) is 0 Å². The number of hydrogen-bond donors (Lipinski definition) is 1. The van der Waals surface area contributed by atoms with E-state index in [-0.39, 0.29) is 11.3 Å². The van der Waals surface area contributed by atoms with Crippen molar-refractivity contribution in [1.82, 2.24) is 4.90 Å². The third kappa shape index (κ3) is 5.46. The molecule has 180 valence electrons. The van der Waals surface area contributed by atoms with E-state index in [0.717, 1.165) is 29.5 Å². The number of rotatable bonds is 9. The molecule has 0 saturated carbocycles. The lowest BCUT2D eigenvalue weighted by atomic mass is 9.94. The van der Waals surface area contributed by atoms with Crippen LogP contribution in [0.3, 0.4) is 0 Å². The Kier molecular flexibility index (Phi) is 7.66. The lowest BCUT2D eigenvalue weighted by molar-refractivity contribution is -0.139. The van der Waals surface area contributed by atoms with Crippen molar-refractivity contribution in [3.63, 3.8) is 0 Å². The Hall–Kier alpha value is -3.86. The van der Waals surface area contributed by atoms with Crippen molar-refractivity contribution in [1.29, 1.82) is 0 Å². The molecule has 1 heterocycles. The zero-order chi connectivity index (χ0) is 24.8. The number of aliphatic hydroxyl groups excluding tert-OH is 1. The zero-order valence-corrected chi connectivity index (χ0v) is 20.2. The van der Waals surface area contributed by atoms with E-state index in [4.69, 9.17) is 4.74 Å². The quantitative estimate of drug-likeness (QED) is 0.185. The van der Waals surface area contributed by atoms with Gasteiger partial charge in [-0.15, -0.1) is 0 Å². The van der Waals surface area contributed by atoms with Gasteiger partial charge in [0.25, 0.3) is 11.7 Å². The summed E-state index contributed by atoms with van der Waals surface area (Å²) in [4.78, 5) is 28.0. The molecular formula is C30H31NO4. The predicted octanol–water partition coefficient (Wildman–Crippen LogP) is 5.84. The predicted molar refractivity (Wildman–Crippen MR) is 137 cm³/mol. The van der Waals surface area contributed by atoms with Gasteiger partial charge in [-0.1, -0.05) is 85.6 Å². The van der Waals surface area contributed by atoms with E-state index in [0.29, 0.717) is 30.9 Å². The number of Topliss-reactive ketones (excluding diaryl/α,β-unsaturated/α-hetero) is 1. The van der Waals surface area contributed by atoms with Crippen LogP contribution >= 0.6 is 0 Å². The van der Waals surface area contributed by atoms with Crippen molar-refractivity contribution in [2.45, 2.75) is 39.2 Å². The number of likely N-dealkylation sites (tertiary alicyclic amines) is 1. The molecule has 3 aromatic rings. The molecule has 35 heavy (non-hydrogen) atoms. The summed E-state index contributed by atoms with van der Waals surface area (Å²) in [5.74, 6) is -0.747. The Morgan fingerprint density at radius 3 is 2.43 bits per heavy atom. The zero-order valence-electron chi connectivity index (χ0n) is 20.2. The molecule has 0 radical (unpaired) electrons. The van der Waals surface area contributed by atoms with Gasteiger partial charge in [-0.2, -0.15) is 0 Å². The molecule has 1 saturated heterocycles. The van der Waals surface area contributed by atoms with Crippen molar-refractivity contribution in [3.05, 3.63) is 107 Å². The lowest BCUT2D eigenvalue weighted by Gasteiger charge is -2.26. The summed E-state index contributed by atoms with van der Waals surface area (Å²) in [6.45, 7) is 5.00. The van der Waals surface area contributed by atoms with E-state index in [1.165, 1.54) is 0 Å². The van der Waals surface area contributed by atoms with Gasteiger partial charge in [0, 0.05) is 12.1 Å². The normalized spacial score (nSPS) is 17.1. The standard InChI is InChI=1S/C30H31NO4/c1-3-4-19-35-25-12-8-11-24(20-25)27-26(28(32)23-15-13-21(2)14-16-23)29(33)30(34)31(27)18-17-22-9-6-5-7-10-22/h5-16,20,27,32H,3-4,17-19H2,1-2H3/b28-26+. The van der Waals surface area contributed by atoms with E-state index in [2.05, 4.69) is 6.92 Å². The highest BCUT2D eigenvalue weighted by Gasteiger charge is 2.45. The number of ether oxygens (including phenoxy) is 1. The van der Waals surface area contributed by atoms with Crippen molar-refractivity contribution < 1.29 is 19.4 Å². The number of nitrogens with zero attached hydrogens (tertiary/aromatic N) is 1. The van der Waals surface area contributed by atoms with Crippen LogP contribution in [-0.2, 0) is 16.0 Å². The highest BCUT2D eigenvalue weighted by atomic mass is 16.5. The fourth-order valence-corrected chi connectivity index (χ4v) is 4.33. The van der Waals surface area contributed by atoms with Gasteiger partial charge in [0.1, 0.15) is 11.5 Å². The number of aryl methyl sites for hydroxylation is 1. The van der Waals surface area contributed by atoms with E-state index >= 15 is 0 Å². The van der Waals surface area contributed by atoms with E-state index in [1.807, 2.05) is 73.7 Å². The number of benzene rings is 3. The van der Waals surface area contributed by atoms with Crippen LogP contribution in [0.15, 0.2) is 84.4 Å². The summed E-state index contributed by atoms with van der Waals surface area (Å²) >= 11 is 0. The van der Waals surface area contributed by atoms with E-state index in [9.17, 15) is 14.7 Å². The topological polar surface area (TPSA) is 66.8 Å². The maximum atomic E-state index is 13.2. The van der Waals surface area contributed by atoms with E-state index < -0.39 is 17.7 Å². The first-order valence-electron chi connectivity index (χ1n) is 12.1. The molecule has 0 spiro atoms. The van der Waals surface area contributed by atoms with Gasteiger partial charge < -0.3 is 14.7 Å². The van der Waals surface area contributed by atoms with E-state index in [1.54, 1.807) is 17.0 Å². The maximum absolute atomic E-state index is 13.2. The summed E-state index contributed by atoms with van der Waals surface area (Å²) in [5.41, 5.74) is 3.47. The van der Waals surface area contributed by atoms with Gasteiger partial charge >= 0.3 is 0 Å². The molecular weight excluding hydrogens is 438 g/mol. The first-order chi connectivity index (χ1) is 17.0. The highest BCUT2D eigenvalue weighted by molar-refractivity contribution is 6.46. The molecule has 0 bridgehead atoms. The Labute approximate surface area is 206 Å². The molecule has 5 heteroatoms. The fraction of sp³-hybridized carbons (Fsp3) is 0.267. The third-order valence-electron chi connectivity index (χ3n) is 6.29. The van der Waals surface area contributed by atoms with Crippen molar-refractivity contribution in [2.75, 3.05) is 13.2 Å². The molecule has 0 aliphatic carbocycles. The van der Waals surface area contributed by atoms with Gasteiger partial charge in [-0.3, -0.25) is 9.59 Å². The highest BCUT2D eigenvalue weighted by Crippen LogP contribution is 2.40. The third-order valence-corrected chi connectivity index (χ3v) is 6.29. The number of unbranched alkanes of at least 4 members (excludes halogenated alkanes) is 1. The van der Waals surface area contributed by atoms with Gasteiger partial charge in [0.05, 0.1) is 18.2 Å². The Bertz CT molecular complexity index is 1210. The molecule has 4 rings (SSSR count). The van der Waals surface area contributed by atoms with Crippen LogP contribution in [0.2, 0.25) is 0 Å². The Morgan fingerprint density at radius 2 is 1.71 bits per heavy atom. The molecule has 0 aromatic heterocycles.